The molecule has 1 amide bonds. The summed E-state index contributed by atoms with van der Waals surface area (Å²) in [6.07, 6.45) is 0. The molecule has 1 fully saturated rings. The Kier molecular flexibility index (Phi) is 6.43. The number of Topliss-reactive ketones (excluding diaryl/α,β-unsaturated/α-hetero) is 1. The lowest BCUT2D eigenvalue weighted by Gasteiger charge is -2.26. The third-order valence-corrected chi connectivity index (χ3v) is 6.18. The van der Waals surface area contributed by atoms with E-state index >= 15 is 0 Å². The highest BCUT2D eigenvalue weighted by molar-refractivity contribution is 6.51. The molecule has 3 aromatic carbocycles. The Morgan fingerprint density at radius 3 is 2.34 bits per heavy atom. The van der Waals surface area contributed by atoms with Crippen molar-refractivity contribution in [1.82, 2.24) is 0 Å². The molecular formula is C28H25F2NO4. The van der Waals surface area contributed by atoms with Crippen LogP contribution in [0.1, 0.15) is 48.1 Å². The Bertz CT molecular complexity index is 1350. The zero-order chi connectivity index (χ0) is 25.4. The smallest absolute Gasteiger partial charge is 0.300 e. The van der Waals surface area contributed by atoms with E-state index in [0.717, 1.165) is 28.7 Å². The number of anilines is 1. The molecule has 1 saturated heterocycles. The number of amides is 1. The summed E-state index contributed by atoms with van der Waals surface area (Å²) in [5.74, 6) is -3.37. The maximum atomic E-state index is 14.8. The lowest BCUT2D eigenvalue weighted by Crippen LogP contribution is -2.30. The number of aryl methyl sites for hydroxylation is 1. The van der Waals surface area contributed by atoms with Crippen LogP contribution in [-0.2, 0) is 9.59 Å². The second kappa shape index (κ2) is 9.33. The lowest BCUT2D eigenvalue weighted by atomic mass is 9.91. The molecule has 3 aromatic rings. The fourth-order valence-corrected chi connectivity index (χ4v) is 4.43. The highest BCUT2D eigenvalue weighted by Gasteiger charge is 2.48. The van der Waals surface area contributed by atoms with Crippen molar-refractivity contribution in [3.8, 4) is 5.75 Å². The van der Waals surface area contributed by atoms with Crippen LogP contribution in [0.25, 0.3) is 5.76 Å². The number of hydrogen-bond donors (Lipinski definition) is 1. The highest BCUT2D eigenvalue weighted by Crippen LogP contribution is 2.44. The quantitative estimate of drug-likeness (QED) is 0.277. The van der Waals surface area contributed by atoms with E-state index in [1.54, 1.807) is 56.5 Å². The number of benzene rings is 3. The number of aliphatic hydroxyl groups is 1. The first-order chi connectivity index (χ1) is 16.6. The molecule has 35 heavy (non-hydrogen) atoms. The fourth-order valence-electron chi connectivity index (χ4n) is 4.43. The molecule has 0 aromatic heterocycles. The van der Waals surface area contributed by atoms with Crippen molar-refractivity contribution in [1.29, 1.82) is 0 Å². The van der Waals surface area contributed by atoms with E-state index in [1.165, 1.54) is 0 Å². The van der Waals surface area contributed by atoms with Crippen LogP contribution in [-0.4, -0.2) is 23.9 Å². The van der Waals surface area contributed by atoms with Gasteiger partial charge in [0.2, 0.25) is 0 Å². The molecule has 0 aliphatic carbocycles. The maximum Gasteiger partial charge on any atom is 0.300 e. The van der Waals surface area contributed by atoms with Crippen LogP contribution >= 0.6 is 0 Å². The number of methoxy groups -OCH3 is 1. The van der Waals surface area contributed by atoms with E-state index in [2.05, 4.69) is 0 Å². The summed E-state index contributed by atoms with van der Waals surface area (Å²) in [5.41, 5.74) is 1.67. The topological polar surface area (TPSA) is 66.8 Å². The average molecular weight is 478 g/mol. The molecule has 180 valence electrons. The number of aliphatic hydroxyl groups excluding tert-OH is 1. The Balaban J connectivity index is 2.00. The summed E-state index contributed by atoms with van der Waals surface area (Å²) in [4.78, 5) is 27.4. The van der Waals surface area contributed by atoms with Crippen molar-refractivity contribution < 1.29 is 28.2 Å². The van der Waals surface area contributed by atoms with Gasteiger partial charge in [0.15, 0.2) is 0 Å². The molecule has 1 aliphatic rings. The molecule has 0 bridgehead atoms. The molecule has 0 spiro atoms. The van der Waals surface area contributed by atoms with Crippen molar-refractivity contribution in [3.05, 3.63) is 100 Å². The van der Waals surface area contributed by atoms with Crippen LogP contribution < -0.4 is 9.64 Å². The summed E-state index contributed by atoms with van der Waals surface area (Å²) < 4.78 is 34.3. The van der Waals surface area contributed by atoms with Crippen molar-refractivity contribution in [2.75, 3.05) is 12.0 Å². The average Bonchev–Trinajstić information content (AvgIpc) is 3.10. The minimum Gasteiger partial charge on any atom is -0.507 e. The van der Waals surface area contributed by atoms with Crippen molar-refractivity contribution in [2.24, 2.45) is 0 Å². The van der Waals surface area contributed by atoms with E-state index in [-0.39, 0.29) is 17.2 Å². The normalized spacial score (nSPS) is 17.3. The van der Waals surface area contributed by atoms with Crippen molar-refractivity contribution >= 4 is 23.1 Å². The molecule has 7 heteroatoms. The third-order valence-electron chi connectivity index (χ3n) is 6.18. The first-order valence-corrected chi connectivity index (χ1v) is 11.2. The van der Waals surface area contributed by atoms with Crippen LogP contribution in [0.5, 0.6) is 5.75 Å². The third kappa shape index (κ3) is 4.18. The first kappa shape index (κ1) is 24.1. The molecule has 5 nitrogen and oxygen atoms in total. The van der Waals surface area contributed by atoms with Gasteiger partial charge in [-0.3, -0.25) is 14.5 Å². The van der Waals surface area contributed by atoms with Gasteiger partial charge in [-0.2, -0.15) is 0 Å². The number of rotatable bonds is 5. The summed E-state index contributed by atoms with van der Waals surface area (Å²) in [6.45, 7) is 5.68. The van der Waals surface area contributed by atoms with Gasteiger partial charge in [0, 0.05) is 11.6 Å². The van der Waals surface area contributed by atoms with Gasteiger partial charge >= 0.3 is 0 Å². The van der Waals surface area contributed by atoms with E-state index in [1.807, 2.05) is 13.8 Å². The largest absolute Gasteiger partial charge is 0.507 e. The van der Waals surface area contributed by atoms with Gasteiger partial charge < -0.3 is 9.84 Å². The van der Waals surface area contributed by atoms with E-state index < -0.39 is 35.1 Å². The molecule has 1 unspecified atom stereocenters. The Hall–Kier alpha value is -4.00. The Labute approximate surface area is 202 Å². The molecule has 1 atom stereocenters. The predicted molar refractivity (Wildman–Crippen MR) is 129 cm³/mol. The summed E-state index contributed by atoms with van der Waals surface area (Å²) >= 11 is 0. The predicted octanol–water partition coefficient (Wildman–Crippen LogP) is 6.03. The number of carbonyl (C=O) groups is 2. The van der Waals surface area contributed by atoms with Crippen LogP contribution in [0.4, 0.5) is 14.5 Å². The zero-order valence-corrected chi connectivity index (χ0v) is 19.8. The van der Waals surface area contributed by atoms with Crippen molar-refractivity contribution in [3.63, 3.8) is 0 Å². The van der Waals surface area contributed by atoms with Crippen molar-refractivity contribution in [2.45, 2.75) is 32.7 Å². The molecule has 1 heterocycles. The van der Waals surface area contributed by atoms with Gasteiger partial charge in [0.25, 0.3) is 11.7 Å². The lowest BCUT2D eigenvalue weighted by molar-refractivity contribution is -0.132. The Morgan fingerprint density at radius 2 is 1.71 bits per heavy atom. The van der Waals surface area contributed by atoms with E-state index in [4.69, 9.17) is 4.74 Å². The van der Waals surface area contributed by atoms with Crippen LogP contribution in [0, 0.1) is 18.6 Å². The zero-order valence-electron chi connectivity index (χ0n) is 19.8. The molecular weight excluding hydrogens is 452 g/mol. The van der Waals surface area contributed by atoms with Gasteiger partial charge in [-0.15, -0.1) is 0 Å². The van der Waals surface area contributed by atoms with Crippen LogP contribution in [0.3, 0.4) is 0 Å². The maximum absolute atomic E-state index is 14.8. The molecule has 1 N–H and O–H groups in total. The number of hydrogen-bond acceptors (Lipinski definition) is 4. The molecule has 4 rings (SSSR count). The number of halogens is 2. The minimum atomic E-state index is -1.16. The van der Waals surface area contributed by atoms with Gasteiger partial charge in [0.1, 0.15) is 23.1 Å². The number of nitrogens with zero attached hydrogens (tertiary/aromatic N) is 1. The minimum absolute atomic E-state index is 0.0471. The van der Waals surface area contributed by atoms with Crippen LogP contribution in [0.2, 0.25) is 0 Å². The monoisotopic (exact) mass is 477 g/mol. The van der Waals surface area contributed by atoms with Gasteiger partial charge in [-0.1, -0.05) is 44.2 Å². The molecule has 0 radical (unpaired) electrons. The number of ether oxygens (including phenoxy) is 1. The summed E-state index contributed by atoms with van der Waals surface area (Å²) in [5, 5.41) is 11.5. The van der Waals surface area contributed by atoms with Gasteiger partial charge in [-0.05, 0) is 53.8 Å². The second-order valence-corrected chi connectivity index (χ2v) is 8.74. The summed E-state index contributed by atoms with van der Waals surface area (Å²) in [7, 11) is 1.55. The van der Waals surface area contributed by atoms with E-state index in [9.17, 15) is 23.5 Å². The van der Waals surface area contributed by atoms with E-state index in [0.29, 0.717) is 22.4 Å². The van der Waals surface area contributed by atoms with Gasteiger partial charge in [-0.25, -0.2) is 8.78 Å². The summed E-state index contributed by atoms with van der Waals surface area (Å²) in [6, 6.07) is 13.5. The van der Waals surface area contributed by atoms with Crippen LogP contribution in [0.15, 0.2) is 66.2 Å². The number of ketones is 1. The fraction of sp³-hybridized carbons (Fsp3) is 0.214. The molecule has 0 saturated carbocycles. The first-order valence-electron chi connectivity index (χ1n) is 11.2. The molecule has 1 aliphatic heterocycles. The van der Waals surface area contributed by atoms with Gasteiger partial charge in [0.05, 0.1) is 24.4 Å². The standard InChI is InChI=1S/C28H25F2NO4/c1-15(2)19-14-20(16(3)12-23(19)35-4)26(32)24-25(17-8-6-5-7-9-17)31(28(34)27(24)33)22-13-18(29)10-11-21(22)30/h5-15,25,32H,1-4H3/b26-24+. The number of carbonyl (C=O) groups excluding carboxylic acids is 2. The SMILES string of the molecule is COc1cc(C)c(/C(O)=C2\C(=O)C(=O)N(c3cc(F)ccc3F)C2c2ccccc2)cc1C(C)C. The Morgan fingerprint density at radius 1 is 1.03 bits per heavy atom. The second-order valence-electron chi connectivity index (χ2n) is 8.74. The highest BCUT2D eigenvalue weighted by atomic mass is 19.1.